The summed E-state index contributed by atoms with van der Waals surface area (Å²) in [5.41, 5.74) is 11.1. The molecule has 0 aliphatic heterocycles. The first-order valence-corrected chi connectivity index (χ1v) is 11.1. The van der Waals surface area contributed by atoms with E-state index in [9.17, 15) is 44.1 Å². The van der Waals surface area contributed by atoms with Crippen molar-refractivity contribution in [3.8, 4) is 5.75 Å². The zero-order chi connectivity index (χ0) is 28.3. The molecule has 0 bridgehead atoms. The SMILES string of the molecule is CC(O)C(N)C(=O)NC(CC(N)=O)C(=O)NC(CCC(=O)O)C(=O)NC(Cc1ccc(O)cc1)C(=O)O. The summed E-state index contributed by atoms with van der Waals surface area (Å²) in [6, 6.07) is -0.598. The van der Waals surface area contributed by atoms with E-state index in [2.05, 4.69) is 16.0 Å². The number of carbonyl (C=O) groups is 6. The van der Waals surface area contributed by atoms with Gasteiger partial charge in [0, 0.05) is 12.8 Å². The van der Waals surface area contributed by atoms with Crippen LogP contribution in [0.25, 0.3) is 0 Å². The van der Waals surface area contributed by atoms with Crippen molar-refractivity contribution in [3.05, 3.63) is 29.8 Å². The number of nitrogens with one attached hydrogen (secondary N) is 3. The Kier molecular flexibility index (Phi) is 11.9. The third-order valence-electron chi connectivity index (χ3n) is 5.13. The zero-order valence-corrected chi connectivity index (χ0v) is 19.9. The molecule has 1 rings (SSSR count). The van der Waals surface area contributed by atoms with Gasteiger partial charge >= 0.3 is 11.9 Å². The van der Waals surface area contributed by atoms with E-state index in [1.54, 1.807) is 0 Å². The van der Waals surface area contributed by atoms with Crippen molar-refractivity contribution in [1.29, 1.82) is 0 Å². The van der Waals surface area contributed by atoms with Crippen LogP contribution in [0, 0.1) is 0 Å². The van der Waals surface area contributed by atoms with Gasteiger partial charge in [-0.2, -0.15) is 0 Å². The summed E-state index contributed by atoms with van der Waals surface area (Å²) < 4.78 is 0. The minimum Gasteiger partial charge on any atom is -0.508 e. The van der Waals surface area contributed by atoms with Gasteiger partial charge in [0.05, 0.1) is 12.5 Å². The number of aromatic hydroxyl groups is 1. The van der Waals surface area contributed by atoms with Crippen molar-refractivity contribution in [2.24, 2.45) is 11.5 Å². The maximum atomic E-state index is 12.9. The molecular weight excluding hydrogens is 494 g/mol. The summed E-state index contributed by atoms with van der Waals surface area (Å²) in [5.74, 6) is -6.92. The van der Waals surface area contributed by atoms with E-state index in [1.807, 2.05) is 0 Å². The maximum absolute atomic E-state index is 12.9. The first kappa shape index (κ1) is 30.8. The van der Waals surface area contributed by atoms with E-state index >= 15 is 0 Å². The Balaban J connectivity index is 3.07. The van der Waals surface area contributed by atoms with Crippen LogP contribution >= 0.6 is 0 Å². The van der Waals surface area contributed by atoms with Crippen LogP contribution in [0.1, 0.15) is 31.7 Å². The maximum Gasteiger partial charge on any atom is 0.326 e. The van der Waals surface area contributed by atoms with Crippen LogP contribution in [-0.2, 0) is 35.2 Å². The first-order chi connectivity index (χ1) is 17.2. The summed E-state index contributed by atoms with van der Waals surface area (Å²) in [5, 5.41) is 43.9. The second-order valence-corrected chi connectivity index (χ2v) is 8.26. The van der Waals surface area contributed by atoms with E-state index in [4.69, 9.17) is 16.6 Å². The standard InChI is InChI=1S/C22H31N5O10/c1-10(28)18(24)21(35)26-14(9-16(23)30)20(34)25-13(6-7-17(31)32)19(33)27-15(22(36)37)8-11-2-4-12(29)5-3-11/h2-5,10,13-15,18,28-29H,6-9,24H2,1H3,(H2,23,30)(H,25,34)(H,26,35)(H,27,33)(H,31,32)(H,36,37). The number of hydrogen-bond acceptors (Lipinski definition) is 9. The van der Waals surface area contributed by atoms with Crippen molar-refractivity contribution < 1.29 is 49.2 Å². The molecule has 0 aliphatic rings. The van der Waals surface area contributed by atoms with Crippen LogP contribution in [0.2, 0.25) is 0 Å². The quantitative estimate of drug-likeness (QED) is 0.111. The number of hydrogen-bond donors (Lipinski definition) is 9. The molecule has 1 aromatic carbocycles. The smallest absolute Gasteiger partial charge is 0.326 e. The minimum absolute atomic E-state index is 0.0527. The largest absolute Gasteiger partial charge is 0.508 e. The molecule has 5 atom stereocenters. The number of aliphatic hydroxyl groups is 1. The normalized spacial score (nSPS) is 14.8. The molecule has 0 saturated carbocycles. The first-order valence-electron chi connectivity index (χ1n) is 11.1. The van der Waals surface area contributed by atoms with Crippen LogP contribution in [0.5, 0.6) is 5.75 Å². The number of amides is 4. The molecule has 0 aliphatic carbocycles. The minimum atomic E-state index is -1.62. The summed E-state index contributed by atoms with van der Waals surface area (Å²) in [7, 11) is 0. The number of aliphatic carboxylic acids is 2. The van der Waals surface area contributed by atoms with Crippen LogP contribution in [0.4, 0.5) is 0 Å². The van der Waals surface area contributed by atoms with Crippen molar-refractivity contribution in [1.82, 2.24) is 16.0 Å². The predicted octanol–water partition coefficient (Wildman–Crippen LogP) is -3.08. The third-order valence-corrected chi connectivity index (χ3v) is 5.13. The van der Waals surface area contributed by atoms with Gasteiger partial charge in [-0.25, -0.2) is 4.79 Å². The fourth-order valence-electron chi connectivity index (χ4n) is 3.05. The highest BCUT2D eigenvalue weighted by Crippen LogP contribution is 2.12. The topological polar surface area (TPSA) is 271 Å². The lowest BCUT2D eigenvalue weighted by atomic mass is 10.0. The Morgan fingerprint density at radius 2 is 1.38 bits per heavy atom. The molecular formula is C22H31N5O10. The Morgan fingerprint density at radius 1 is 0.865 bits per heavy atom. The molecule has 0 aromatic heterocycles. The highest BCUT2D eigenvalue weighted by molar-refractivity contribution is 5.96. The monoisotopic (exact) mass is 525 g/mol. The lowest BCUT2D eigenvalue weighted by molar-refractivity contribution is -0.143. The summed E-state index contributed by atoms with van der Waals surface area (Å²) in [6.07, 6.45) is -3.25. The van der Waals surface area contributed by atoms with Crippen molar-refractivity contribution in [3.63, 3.8) is 0 Å². The number of benzene rings is 1. The molecule has 5 unspecified atom stereocenters. The summed E-state index contributed by atoms with van der Waals surface area (Å²) in [4.78, 5) is 72.0. The Bertz CT molecular complexity index is 998. The highest BCUT2D eigenvalue weighted by Gasteiger charge is 2.32. The average Bonchev–Trinajstić information content (AvgIpc) is 2.80. The van der Waals surface area contributed by atoms with E-state index in [0.717, 1.165) is 0 Å². The highest BCUT2D eigenvalue weighted by atomic mass is 16.4. The predicted molar refractivity (Wildman–Crippen MR) is 126 cm³/mol. The van der Waals surface area contributed by atoms with Gasteiger partial charge in [-0.3, -0.25) is 24.0 Å². The van der Waals surface area contributed by atoms with Crippen LogP contribution in [0.15, 0.2) is 24.3 Å². The molecule has 4 amide bonds. The molecule has 0 saturated heterocycles. The van der Waals surface area contributed by atoms with E-state index in [-0.39, 0.29) is 12.2 Å². The molecule has 0 radical (unpaired) electrons. The molecule has 0 heterocycles. The number of aliphatic hydroxyl groups excluding tert-OH is 1. The molecule has 15 heteroatoms. The average molecular weight is 526 g/mol. The Hall–Kier alpha value is -4.24. The Morgan fingerprint density at radius 3 is 1.86 bits per heavy atom. The molecule has 37 heavy (non-hydrogen) atoms. The van der Waals surface area contributed by atoms with Crippen molar-refractivity contribution in [2.75, 3.05) is 0 Å². The zero-order valence-electron chi connectivity index (χ0n) is 19.9. The van der Waals surface area contributed by atoms with Gasteiger partial charge in [-0.1, -0.05) is 12.1 Å². The Labute approximate surface area is 211 Å². The van der Waals surface area contributed by atoms with Gasteiger partial charge in [0.2, 0.25) is 23.6 Å². The fraction of sp³-hybridized carbons (Fsp3) is 0.455. The number of nitrogens with two attached hydrogens (primary N) is 2. The molecule has 204 valence electrons. The van der Waals surface area contributed by atoms with Gasteiger partial charge in [-0.15, -0.1) is 0 Å². The second kappa shape index (κ2) is 14.4. The van der Waals surface area contributed by atoms with Crippen LogP contribution in [0.3, 0.4) is 0 Å². The number of carbonyl (C=O) groups excluding carboxylic acids is 4. The van der Waals surface area contributed by atoms with Crippen LogP contribution < -0.4 is 27.4 Å². The van der Waals surface area contributed by atoms with Gasteiger partial charge < -0.3 is 47.8 Å². The van der Waals surface area contributed by atoms with Gasteiger partial charge in [0.25, 0.3) is 0 Å². The molecule has 0 fully saturated rings. The molecule has 15 nitrogen and oxygen atoms in total. The number of carboxylic acids is 2. The second-order valence-electron chi connectivity index (χ2n) is 8.26. The van der Waals surface area contributed by atoms with Gasteiger partial charge in [0.1, 0.15) is 29.9 Å². The lowest BCUT2D eigenvalue weighted by Crippen LogP contribution is -2.58. The molecule has 0 spiro atoms. The number of primary amides is 1. The van der Waals surface area contributed by atoms with E-state index < -0.39 is 85.1 Å². The third kappa shape index (κ3) is 10.9. The molecule has 1 aromatic rings. The lowest BCUT2D eigenvalue weighted by Gasteiger charge is -2.25. The number of carboxylic acid groups (broad SMARTS) is 2. The van der Waals surface area contributed by atoms with Gasteiger partial charge in [-0.05, 0) is 31.0 Å². The number of phenolic OH excluding ortho intramolecular Hbond substituents is 1. The van der Waals surface area contributed by atoms with E-state index in [0.29, 0.717) is 5.56 Å². The fourth-order valence-corrected chi connectivity index (χ4v) is 3.05. The summed E-state index contributed by atoms with van der Waals surface area (Å²) in [6.45, 7) is 1.22. The summed E-state index contributed by atoms with van der Waals surface area (Å²) >= 11 is 0. The van der Waals surface area contributed by atoms with Gasteiger partial charge in [0.15, 0.2) is 0 Å². The number of rotatable bonds is 15. The van der Waals surface area contributed by atoms with Crippen molar-refractivity contribution in [2.45, 2.75) is 62.9 Å². The molecule has 11 N–H and O–H groups in total. The van der Waals surface area contributed by atoms with Crippen LogP contribution in [-0.4, -0.2) is 86.3 Å². The van der Waals surface area contributed by atoms with E-state index in [1.165, 1.54) is 31.2 Å². The van der Waals surface area contributed by atoms with Crippen molar-refractivity contribution >= 4 is 35.6 Å². The number of phenols is 1.